The minimum Gasteiger partial charge on any atom is -0.555 e. The molecule has 0 spiro atoms. The van der Waals surface area contributed by atoms with Crippen LogP contribution in [-0.2, 0) is 11.7 Å². The van der Waals surface area contributed by atoms with Crippen LogP contribution in [0.1, 0.15) is 30.5 Å². The van der Waals surface area contributed by atoms with E-state index in [1.54, 1.807) is 0 Å². The third-order valence-corrected chi connectivity index (χ3v) is 11.4. The molecule has 8 aromatic rings. The van der Waals surface area contributed by atoms with E-state index in [0.29, 0.717) is 0 Å². The smallest absolute Gasteiger partial charge is 0.396 e. The maximum atomic E-state index is 7.05. The van der Waals surface area contributed by atoms with Gasteiger partial charge in [0, 0.05) is 33.4 Å². The highest BCUT2D eigenvalue weighted by Crippen LogP contribution is 2.57. The molecule has 1 aliphatic heterocycles. The van der Waals surface area contributed by atoms with Gasteiger partial charge in [0.25, 0.3) is 0 Å². The highest BCUT2D eigenvalue weighted by Gasteiger charge is 2.40. The number of pyridine rings is 1. The summed E-state index contributed by atoms with van der Waals surface area (Å²) in [6.07, 6.45) is 0.827. The Kier molecular flexibility index (Phi) is 7.99. The van der Waals surface area contributed by atoms with Crippen molar-refractivity contribution >= 4 is 29.4 Å². The molecule has 262 valence electrons. The van der Waals surface area contributed by atoms with Gasteiger partial charge in [-0.1, -0.05) is 172 Å². The molecule has 0 N–H and O–H groups in total. The summed E-state index contributed by atoms with van der Waals surface area (Å²) in [5.74, 6) is 0.964. The highest BCUT2D eigenvalue weighted by molar-refractivity contribution is 6.68. The quantitative estimate of drug-likeness (QED) is 0.154. The molecule has 0 saturated heterocycles. The van der Waals surface area contributed by atoms with Crippen LogP contribution in [0.4, 0.5) is 17.1 Å². The van der Waals surface area contributed by atoms with Crippen molar-refractivity contribution in [2.75, 3.05) is 4.90 Å². The van der Waals surface area contributed by atoms with Gasteiger partial charge in [-0.2, -0.15) is 0 Å². The number of hydrogen-bond acceptors (Lipinski definition) is 3. The van der Waals surface area contributed by atoms with Gasteiger partial charge in [-0.15, -0.1) is 0 Å². The number of rotatable bonds is 7. The fourth-order valence-corrected chi connectivity index (χ4v) is 8.72. The third kappa shape index (κ3) is 5.65. The Labute approximate surface area is 323 Å². The molecule has 0 amide bonds. The van der Waals surface area contributed by atoms with Gasteiger partial charge >= 0.3 is 6.92 Å². The van der Waals surface area contributed by atoms with Crippen molar-refractivity contribution in [2.24, 2.45) is 0 Å². The van der Waals surface area contributed by atoms with Crippen LogP contribution in [0.3, 0.4) is 0 Å². The third-order valence-electron chi connectivity index (χ3n) is 11.4. The number of hydrogen-bond donors (Lipinski definition) is 0. The summed E-state index contributed by atoms with van der Waals surface area (Å²) >= 11 is 0. The summed E-state index contributed by atoms with van der Waals surface area (Å²) in [7, 11) is 0. The van der Waals surface area contributed by atoms with E-state index in [1.807, 2.05) is 0 Å². The molecule has 4 heteroatoms. The van der Waals surface area contributed by atoms with E-state index in [2.05, 4.69) is 207 Å². The molecule has 1 aromatic heterocycles. The lowest BCUT2D eigenvalue weighted by Gasteiger charge is -2.31. The molecule has 3 nitrogen and oxygen atoms in total. The van der Waals surface area contributed by atoms with E-state index < -0.39 is 0 Å². The number of nitrogens with zero attached hydrogens (tertiary/aromatic N) is 2. The first-order valence-electron chi connectivity index (χ1n) is 19.1. The molecular weight excluding hydrogens is 667 g/mol. The second-order valence-corrected chi connectivity index (χ2v) is 15.1. The Morgan fingerprint density at radius 1 is 0.527 bits per heavy atom. The molecule has 1 aliphatic carbocycles. The van der Waals surface area contributed by atoms with Gasteiger partial charge in [0.1, 0.15) is 5.75 Å². The summed E-state index contributed by atoms with van der Waals surface area (Å²) in [5, 5.41) is 0. The van der Waals surface area contributed by atoms with E-state index in [9.17, 15) is 0 Å². The lowest BCUT2D eigenvalue weighted by Crippen LogP contribution is -2.35. The standard InChI is InChI=1S/C51H39BN2O/c1-51(2)43-29-16-15-27-41(43)48-44(51)30-31-47(49(48)42-28-17-22-37-34-52(55-50(37)42)38-23-11-5-12-24-38)54(39-25-13-6-14-26-39)40-32-45(35-18-7-3-8-19-35)53-46(33-40)36-20-9-4-10-21-36/h3-33H,34H2,1-2H3. The molecule has 2 aliphatic rings. The SMILES string of the molecule is CC1(C)c2ccccc2-c2c1ccc(N(c1ccccc1)c1cc(-c3ccccc3)nc(-c3ccccc3)c1)c2-c1cccc2c1OB(c1ccccc1)C2. The largest absolute Gasteiger partial charge is 0.555 e. The summed E-state index contributed by atoms with van der Waals surface area (Å²) < 4.78 is 7.05. The summed E-state index contributed by atoms with van der Waals surface area (Å²) in [4.78, 5) is 7.69. The Balaban J connectivity index is 1.27. The fraction of sp³-hybridized carbons (Fsp3) is 0.0784. The Morgan fingerprint density at radius 2 is 1.11 bits per heavy atom. The first-order chi connectivity index (χ1) is 27.0. The topological polar surface area (TPSA) is 25.4 Å². The normalized spacial score (nSPS) is 13.5. The van der Waals surface area contributed by atoms with Crippen LogP contribution in [-0.4, -0.2) is 11.9 Å². The lowest BCUT2D eigenvalue weighted by molar-refractivity contribution is 0.603. The van der Waals surface area contributed by atoms with Crippen molar-refractivity contribution in [2.45, 2.75) is 25.6 Å². The van der Waals surface area contributed by atoms with Crippen molar-refractivity contribution in [3.05, 3.63) is 205 Å². The van der Waals surface area contributed by atoms with Crippen LogP contribution in [0.15, 0.2) is 188 Å². The zero-order chi connectivity index (χ0) is 36.9. The molecule has 0 unspecified atom stereocenters. The van der Waals surface area contributed by atoms with Gasteiger partial charge in [-0.05, 0) is 69.9 Å². The van der Waals surface area contributed by atoms with Gasteiger partial charge in [-0.25, -0.2) is 4.98 Å². The van der Waals surface area contributed by atoms with E-state index in [0.717, 1.165) is 57.2 Å². The number of benzene rings is 7. The van der Waals surface area contributed by atoms with Crippen LogP contribution in [0.2, 0.25) is 0 Å². The summed E-state index contributed by atoms with van der Waals surface area (Å²) in [6.45, 7) is 4.66. The predicted octanol–water partition coefficient (Wildman–Crippen LogP) is 12.2. The average molecular weight is 707 g/mol. The zero-order valence-electron chi connectivity index (χ0n) is 31.0. The molecule has 0 atom stereocenters. The second kappa shape index (κ2) is 13.3. The van der Waals surface area contributed by atoms with Crippen molar-refractivity contribution in [1.29, 1.82) is 0 Å². The zero-order valence-corrected chi connectivity index (χ0v) is 31.0. The van der Waals surface area contributed by atoms with Gasteiger partial charge < -0.3 is 9.55 Å². The van der Waals surface area contributed by atoms with E-state index >= 15 is 0 Å². The monoisotopic (exact) mass is 706 g/mol. The maximum absolute atomic E-state index is 7.05. The van der Waals surface area contributed by atoms with E-state index in [-0.39, 0.29) is 12.3 Å². The van der Waals surface area contributed by atoms with Gasteiger partial charge in [-0.3, -0.25) is 0 Å². The van der Waals surface area contributed by atoms with Crippen molar-refractivity contribution in [3.63, 3.8) is 0 Å². The molecule has 0 saturated carbocycles. The average Bonchev–Trinajstić information content (AvgIpc) is 3.79. The van der Waals surface area contributed by atoms with Crippen LogP contribution in [0, 0.1) is 0 Å². The number of fused-ring (bicyclic) bond motifs is 4. The molecule has 7 aromatic carbocycles. The van der Waals surface area contributed by atoms with Gasteiger partial charge in [0.15, 0.2) is 0 Å². The molecule has 2 heterocycles. The Hall–Kier alpha value is -6.65. The number of anilines is 3. The molecule has 0 fully saturated rings. The van der Waals surface area contributed by atoms with Crippen LogP contribution >= 0.6 is 0 Å². The molecule has 55 heavy (non-hydrogen) atoms. The minimum atomic E-state index is -0.181. The maximum Gasteiger partial charge on any atom is 0.396 e. The van der Waals surface area contributed by atoms with E-state index in [1.165, 1.54) is 38.8 Å². The van der Waals surface area contributed by atoms with Crippen molar-refractivity contribution < 1.29 is 4.65 Å². The number of aromatic nitrogens is 1. The van der Waals surface area contributed by atoms with Gasteiger partial charge in [0.05, 0.1) is 22.8 Å². The Morgan fingerprint density at radius 3 is 1.78 bits per heavy atom. The fourth-order valence-electron chi connectivity index (χ4n) is 8.72. The molecule has 0 radical (unpaired) electrons. The molecule has 0 bridgehead atoms. The van der Waals surface area contributed by atoms with Crippen molar-refractivity contribution in [1.82, 2.24) is 4.98 Å². The Bertz CT molecular complexity index is 2620. The molecular formula is C51H39BN2O. The minimum absolute atomic E-state index is 0.0476. The molecule has 10 rings (SSSR count). The summed E-state index contributed by atoms with van der Waals surface area (Å²) in [5.41, 5.74) is 16.9. The van der Waals surface area contributed by atoms with Crippen LogP contribution in [0.5, 0.6) is 5.75 Å². The first kappa shape index (κ1) is 33.0. The first-order valence-corrected chi connectivity index (χ1v) is 19.1. The van der Waals surface area contributed by atoms with Crippen LogP contribution in [0.25, 0.3) is 44.8 Å². The van der Waals surface area contributed by atoms with E-state index in [4.69, 9.17) is 9.64 Å². The second-order valence-electron chi connectivity index (χ2n) is 15.1. The van der Waals surface area contributed by atoms with Crippen molar-refractivity contribution in [3.8, 4) is 50.5 Å². The summed E-state index contributed by atoms with van der Waals surface area (Å²) in [6, 6.07) is 67.2. The van der Waals surface area contributed by atoms with Crippen LogP contribution < -0.4 is 15.0 Å². The van der Waals surface area contributed by atoms with Gasteiger partial charge in [0.2, 0.25) is 0 Å². The predicted molar refractivity (Wildman–Crippen MR) is 229 cm³/mol. The lowest BCUT2D eigenvalue weighted by atomic mass is 9.58. The number of para-hydroxylation sites is 2. The highest BCUT2D eigenvalue weighted by atomic mass is 16.4.